The van der Waals surface area contributed by atoms with Gasteiger partial charge >= 0.3 is 11.3 Å². The van der Waals surface area contributed by atoms with Crippen LogP contribution in [0.1, 0.15) is 34.8 Å². The molecule has 0 aromatic heterocycles. The van der Waals surface area contributed by atoms with Crippen LogP contribution in [-0.4, -0.2) is 43.6 Å². The van der Waals surface area contributed by atoms with E-state index in [4.69, 9.17) is 4.74 Å². The highest BCUT2D eigenvalue weighted by Gasteiger charge is 2.41. The molecule has 1 heterocycles. The highest BCUT2D eigenvalue weighted by Crippen LogP contribution is 2.40. The van der Waals surface area contributed by atoms with Crippen molar-refractivity contribution in [3.05, 3.63) is 71.3 Å². The van der Waals surface area contributed by atoms with Crippen molar-refractivity contribution in [3.63, 3.8) is 0 Å². The van der Waals surface area contributed by atoms with Crippen molar-refractivity contribution in [1.29, 1.82) is 0 Å². The van der Waals surface area contributed by atoms with E-state index in [0.717, 1.165) is 10.5 Å². The molecule has 2 aromatic carbocycles. The molecule has 1 fully saturated rings. The number of imide groups is 1. The topological polar surface area (TPSA) is 110 Å². The molecule has 1 unspecified atom stereocenters. The normalized spacial score (nSPS) is 20.6. The van der Waals surface area contributed by atoms with Crippen LogP contribution in [0.3, 0.4) is 0 Å². The molecular weight excluding hydrogens is 432 g/mol. The summed E-state index contributed by atoms with van der Waals surface area (Å²) in [6.45, 7) is 0.0716. The number of fused-ring (bicyclic) bond motifs is 1. The van der Waals surface area contributed by atoms with Crippen LogP contribution in [0.4, 0.5) is 9.59 Å². The van der Waals surface area contributed by atoms with Crippen molar-refractivity contribution >= 4 is 27.1 Å². The summed E-state index contributed by atoms with van der Waals surface area (Å²) in [6.07, 6.45) is 1.30. The second kappa shape index (κ2) is 9.12. The summed E-state index contributed by atoms with van der Waals surface area (Å²) in [5.41, 5.74) is 2.16. The van der Waals surface area contributed by atoms with Gasteiger partial charge in [-0.05, 0) is 41.9 Å². The Morgan fingerprint density at radius 3 is 2.50 bits per heavy atom. The van der Waals surface area contributed by atoms with Crippen molar-refractivity contribution in [1.82, 2.24) is 10.2 Å². The number of carbonyl (C=O) groups is 3. The summed E-state index contributed by atoms with van der Waals surface area (Å²) in [5.74, 6) is -0.396. The maximum absolute atomic E-state index is 13.2. The standard InChI is InChI=1S/C23H24N2O6S/c26-21-14-24-22(27)25(21)11-10-17-12-18-8-4-5-9-19(18)20(13-17)32(29,30)23(28)31-15-16-6-2-1-3-7-16/h1-9,17,20H,10-15H2,(H,24,27)/t17-,20?/m1/s1. The second-order valence-corrected chi connectivity index (χ2v) is 10.0. The number of nitrogens with one attached hydrogen (secondary N) is 1. The zero-order valence-corrected chi connectivity index (χ0v) is 18.2. The molecule has 168 valence electrons. The van der Waals surface area contributed by atoms with E-state index in [0.29, 0.717) is 24.0 Å². The number of hydrogen-bond donors (Lipinski definition) is 1. The van der Waals surface area contributed by atoms with Crippen LogP contribution in [0, 0.1) is 5.92 Å². The third-order valence-corrected chi connectivity index (χ3v) is 7.74. The van der Waals surface area contributed by atoms with Crippen LogP contribution in [0.15, 0.2) is 54.6 Å². The fraction of sp³-hybridized carbons (Fsp3) is 0.348. The van der Waals surface area contributed by atoms with Gasteiger partial charge in [0.1, 0.15) is 6.61 Å². The average Bonchev–Trinajstić information content (AvgIpc) is 3.13. The Labute approximate surface area is 186 Å². The first kappa shape index (κ1) is 22.0. The first-order valence-electron chi connectivity index (χ1n) is 10.5. The Hall–Kier alpha value is -3.20. The minimum absolute atomic E-state index is 0.0173. The maximum Gasteiger partial charge on any atom is 0.425 e. The molecule has 9 heteroatoms. The molecule has 32 heavy (non-hydrogen) atoms. The molecule has 1 aliphatic heterocycles. The van der Waals surface area contributed by atoms with Crippen LogP contribution >= 0.6 is 0 Å². The summed E-state index contributed by atoms with van der Waals surface area (Å²) < 4.78 is 31.5. The highest BCUT2D eigenvalue weighted by molar-refractivity contribution is 8.05. The molecule has 0 radical (unpaired) electrons. The molecule has 2 aromatic rings. The van der Waals surface area contributed by atoms with Gasteiger partial charge in [-0.25, -0.2) is 18.0 Å². The second-order valence-electron chi connectivity index (χ2n) is 8.06. The first-order chi connectivity index (χ1) is 15.4. The minimum Gasteiger partial charge on any atom is -0.449 e. The average molecular weight is 457 g/mol. The number of hydrogen-bond acceptors (Lipinski definition) is 6. The van der Waals surface area contributed by atoms with Gasteiger partial charge in [-0.2, -0.15) is 0 Å². The van der Waals surface area contributed by atoms with Gasteiger partial charge in [-0.1, -0.05) is 54.6 Å². The summed E-state index contributed by atoms with van der Waals surface area (Å²) in [7, 11) is -4.26. The molecule has 1 N–H and O–H groups in total. The largest absolute Gasteiger partial charge is 0.449 e. The summed E-state index contributed by atoms with van der Waals surface area (Å²) in [6, 6.07) is 15.6. The number of rotatable bonds is 6. The third kappa shape index (κ3) is 4.52. The predicted molar refractivity (Wildman–Crippen MR) is 116 cm³/mol. The molecule has 8 nitrogen and oxygen atoms in total. The smallest absolute Gasteiger partial charge is 0.425 e. The Balaban J connectivity index is 1.50. The van der Waals surface area contributed by atoms with E-state index in [-0.39, 0.29) is 37.9 Å². The predicted octanol–water partition coefficient (Wildman–Crippen LogP) is 2.98. The van der Waals surface area contributed by atoms with E-state index >= 15 is 0 Å². The highest BCUT2D eigenvalue weighted by atomic mass is 32.2. The lowest BCUT2D eigenvalue weighted by atomic mass is 9.82. The number of carbonyl (C=O) groups excluding carboxylic acids is 3. The van der Waals surface area contributed by atoms with Gasteiger partial charge in [0.25, 0.3) is 9.84 Å². The van der Waals surface area contributed by atoms with Crippen LogP contribution in [-0.2, 0) is 32.4 Å². The molecular formula is C23H24N2O6S. The van der Waals surface area contributed by atoms with Gasteiger partial charge in [0, 0.05) is 6.54 Å². The summed E-state index contributed by atoms with van der Waals surface area (Å²) in [5, 5.41) is 0.214. The van der Waals surface area contributed by atoms with Gasteiger partial charge in [0.2, 0.25) is 5.91 Å². The number of amides is 3. The van der Waals surface area contributed by atoms with Gasteiger partial charge in [0.15, 0.2) is 0 Å². The van der Waals surface area contributed by atoms with Crippen molar-refractivity contribution in [2.45, 2.75) is 31.1 Å². The summed E-state index contributed by atoms with van der Waals surface area (Å²) >= 11 is 0. The minimum atomic E-state index is -4.26. The first-order valence-corrected chi connectivity index (χ1v) is 12.0. The van der Waals surface area contributed by atoms with Gasteiger partial charge in [0.05, 0.1) is 11.8 Å². The van der Waals surface area contributed by atoms with Gasteiger partial charge < -0.3 is 10.1 Å². The third-order valence-electron chi connectivity index (χ3n) is 5.96. The lowest BCUT2D eigenvalue weighted by Crippen LogP contribution is -2.35. The van der Waals surface area contributed by atoms with Crippen LogP contribution in [0.2, 0.25) is 0 Å². The van der Waals surface area contributed by atoms with Crippen molar-refractivity contribution in [3.8, 4) is 0 Å². The van der Waals surface area contributed by atoms with Gasteiger partial charge in [-0.3, -0.25) is 9.69 Å². The fourth-order valence-corrected chi connectivity index (χ4v) is 5.83. The SMILES string of the molecule is O=C1CNC(=O)N1CC[C@@H]1Cc2ccccc2C(S(=O)(=O)C(=O)OCc2ccccc2)C1. The van der Waals surface area contributed by atoms with E-state index in [1.165, 1.54) is 0 Å². The van der Waals surface area contributed by atoms with Crippen molar-refractivity contribution in [2.24, 2.45) is 5.92 Å². The Morgan fingerprint density at radius 2 is 1.78 bits per heavy atom. The van der Waals surface area contributed by atoms with Crippen LogP contribution in [0.25, 0.3) is 0 Å². The quantitative estimate of drug-likeness (QED) is 0.529. The number of benzene rings is 2. The number of sulfone groups is 1. The molecule has 1 saturated heterocycles. The van der Waals surface area contributed by atoms with Crippen molar-refractivity contribution < 1.29 is 27.5 Å². The lowest BCUT2D eigenvalue weighted by molar-refractivity contribution is -0.125. The van der Waals surface area contributed by atoms with E-state index in [2.05, 4.69) is 5.32 Å². The molecule has 3 amide bonds. The molecule has 0 bridgehead atoms. The Bertz CT molecular complexity index is 1120. The van der Waals surface area contributed by atoms with E-state index in [9.17, 15) is 22.8 Å². The van der Waals surface area contributed by atoms with Gasteiger partial charge in [-0.15, -0.1) is 0 Å². The molecule has 1 aliphatic carbocycles. The van der Waals surface area contributed by atoms with E-state index < -0.39 is 26.4 Å². The molecule has 0 spiro atoms. The van der Waals surface area contributed by atoms with Crippen molar-refractivity contribution in [2.75, 3.05) is 13.1 Å². The fourth-order valence-electron chi connectivity index (χ4n) is 4.28. The van der Waals surface area contributed by atoms with E-state index in [1.54, 1.807) is 36.4 Å². The van der Waals surface area contributed by atoms with E-state index in [1.807, 2.05) is 18.2 Å². The monoisotopic (exact) mass is 456 g/mol. The summed E-state index contributed by atoms with van der Waals surface area (Å²) in [4.78, 5) is 37.4. The molecule has 2 aliphatic rings. The Kier molecular flexibility index (Phi) is 6.27. The number of ether oxygens (including phenoxy) is 1. The lowest BCUT2D eigenvalue weighted by Gasteiger charge is -2.31. The zero-order valence-electron chi connectivity index (χ0n) is 17.4. The van der Waals surface area contributed by atoms with Crippen LogP contribution in [0.5, 0.6) is 0 Å². The number of urea groups is 1. The Morgan fingerprint density at radius 1 is 1.06 bits per heavy atom. The molecule has 2 atom stereocenters. The number of nitrogens with zero attached hydrogens (tertiary/aromatic N) is 1. The zero-order chi connectivity index (χ0) is 22.7. The maximum atomic E-state index is 13.2. The molecule has 4 rings (SSSR count). The van der Waals surface area contributed by atoms with Crippen LogP contribution < -0.4 is 5.32 Å². The molecule has 0 saturated carbocycles.